The van der Waals surface area contributed by atoms with E-state index in [1.54, 1.807) is 0 Å². The third-order valence-corrected chi connectivity index (χ3v) is 6.29. The lowest BCUT2D eigenvalue weighted by molar-refractivity contribution is -0.187. The lowest BCUT2D eigenvalue weighted by atomic mass is 9.76. The molecule has 2 atom stereocenters. The van der Waals surface area contributed by atoms with Gasteiger partial charge in [0, 0.05) is 29.8 Å². The normalized spacial score (nSPS) is 18.3. The fourth-order valence-corrected chi connectivity index (χ4v) is 4.48. The average Bonchev–Trinajstić information content (AvgIpc) is 2.85. The number of benzene rings is 1. The van der Waals surface area contributed by atoms with Crippen LogP contribution in [0.4, 0.5) is 27.6 Å². The van der Waals surface area contributed by atoms with Crippen LogP contribution in [0.3, 0.4) is 0 Å². The van der Waals surface area contributed by atoms with E-state index in [1.165, 1.54) is 12.4 Å². The first-order valence-corrected chi connectivity index (χ1v) is 11.6. The van der Waals surface area contributed by atoms with Crippen molar-refractivity contribution in [3.63, 3.8) is 0 Å². The maximum absolute atomic E-state index is 14.7. The summed E-state index contributed by atoms with van der Waals surface area (Å²) in [5.74, 6) is -4.62. The second-order valence-corrected chi connectivity index (χ2v) is 9.08. The molecule has 1 amide bonds. The van der Waals surface area contributed by atoms with Gasteiger partial charge in [-0.3, -0.25) is 4.79 Å². The number of hydrogen-bond donors (Lipinski definition) is 1. The van der Waals surface area contributed by atoms with Crippen molar-refractivity contribution < 1.29 is 26.7 Å². The molecule has 1 aromatic carbocycles. The fourth-order valence-electron chi connectivity index (χ4n) is 4.48. The van der Waals surface area contributed by atoms with Crippen LogP contribution in [0.1, 0.15) is 73.2 Å². The highest BCUT2D eigenvalue weighted by atomic mass is 19.4. The van der Waals surface area contributed by atoms with E-state index < -0.39 is 35.6 Å². The second-order valence-electron chi connectivity index (χ2n) is 9.08. The SMILES string of the molecule is CC(C)c1ncc(C(=O)Nc2c(-c3cc(F)ccc3F)ncnc2C2CCCC[C@H]2C(F)(F)F)cn1. The Kier molecular flexibility index (Phi) is 7.28. The molecule has 1 unspecified atom stereocenters. The Labute approximate surface area is 204 Å². The van der Waals surface area contributed by atoms with Crippen molar-refractivity contribution in [1.82, 2.24) is 19.9 Å². The molecule has 1 aliphatic rings. The Hall–Kier alpha value is -3.50. The summed E-state index contributed by atoms with van der Waals surface area (Å²) in [6.07, 6.45) is 0.100. The highest BCUT2D eigenvalue weighted by Gasteiger charge is 2.47. The maximum Gasteiger partial charge on any atom is 0.392 e. The maximum atomic E-state index is 14.7. The first-order valence-electron chi connectivity index (χ1n) is 11.6. The molecular weight excluding hydrogens is 481 g/mol. The minimum Gasteiger partial charge on any atom is -0.318 e. The molecular formula is C25H24F5N5O. The van der Waals surface area contributed by atoms with Crippen LogP contribution in [-0.2, 0) is 0 Å². The van der Waals surface area contributed by atoms with E-state index in [-0.39, 0.29) is 47.0 Å². The molecule has 0 bridgehead atoms. The van der Waals surface area contributed by atoms with Crippen LogP contribution in [0.2, 0.25) is 0 Å². The highest BCUT2D eigenvalue weighted by molar-refractivity contribution is 6.06. The van der Waals surface area contributed by atoms with Crippen molar-refractivity contribution in [1.29, 1.82) is 0 Å². The molecule has 2 aromatic heterocycles. The molecule has 2 heterocycles. The summed E-state index contributed by atoms with van der Waals surface area (Å²) in [7, 11) is 0. The van der Waals surface area contributed by atoms with Crippen LogP contribution in [-0.4, -0.2) is 32.0 Å². The van der Waals surface area contributed by atoms with Gasteiger partial charge in [0.2, 0.25) is 0 Å². The lowest BCUT2D eigenvalue weighted by Gasteiger charge is -2.33. The summed E-state index contributed by atoms with van der Waals surface area (Å²) in [6, 6.07) is 2.67. The summed E-state index contributed by atoms with van der Waals surface area (Å²) in [4.78, 5) is 29.5. The van der Waals surface area contributed by atoms with Crippen molar-refractivity contribution in [2.45, 2.75) is 57.5 Å². The second kappa shape index (κ2) is 10.2. The molecule has 36 heavy (non-hydrogen) atoms. The van der Waals surface area contributed by atoms with E-state index in [0.29, 0.717) is 18.7 Å². The van der Waals surface area contributed by atoms with E-state index >= 15 is 0 Å². The molecule has 0 radical (unpaired) electrons. The number of hydrogen-bond acceptors (Lipinski definition) is 5. The van der Waals surface area contributed by atoms with Gasteiger partial charge in [0.1, 0.15) is 29.5 Å². The van der Waals surface area contributed by atoms with E-state index in [2.05, 4.69) is 25.3 Å². The number of nitrogens with one attached hydrogen (secondary N) is 1. The molecule has 4 rings (SSSR count). The monoisotopic (exact) mass is 505 g/mol. The van der Waals surface area contributed by atoms with Gasteiger partial charge >= 0.3 is 6.18 Å². The van der Waals surface area contributed by atoms with Crippen molar-refractivity contribution >= 4 is 11.6 Å². The van der Waals surface area contributed by atoms with Gasteiger partial charge in [-0.25, -0.2) is 28.7 Å². The third-order valence-electron chi connectivity index (χ3n) is 6.29. The van der Waals surface area contributed by atoms with Gasteiger partial charge in [0.15, 0.2) is 0 Å². The van der Waals surface area contributed by atoms with Crippen LogP contribution in [0.5, 0.6) is 0 Å². The number of rotatable bonds is 5. The number of amides is 1. The first-order chi connectivity index (χ1) is 17.1. The molecule has 0 aliphatic heterocycles. The van der Waals surface area contributed by atoms with Crippen LogP contribution in [0, 0.1) is 17.6 Å². The minimum atomic E-state index is -4.50. The molecule has 1 N–H and O–H groups in total. The summed E-state index contributed by atoms with van der Waals surface area (Å²) in [6.45, 7) is 3.76. The number of anilines is 1. The Morgan fingerprint density at radius 1 is 1.03 bits per heavy atom. The molecule has 11 heteroatoms. The van der Waals surface area contributed by atoms with Crippen LogP contribution in [0.15, 0.2) is 36.9 Å². The topological polar surface area (TPSA) is 80.7 Å². The van der Waals surface area contributed by atoms with Crippen molar-refractivity contribution in [2.75, 3.05) is 5.32 Å². The minimum absolute atomic E-state index is 0.0180. The Balaban J connectivity index is 1.83. The van der Waals surface area contributed by atoms with Gasteiger partial charge in [-0.05, 0) is 31.0 Å². The van der Waals surface area contributed by atoms with Crippen molar-refractivity contribution in [3.05, 3.63) is 65.6 Å². The molecule has 0 spiro atoms. The van der Waals surface area contributed by atoms with Gasteiger partial charge < -0.3 is 5.32 Å². The predicted molar refractivity (Wildman–Crippen MR) is 122 cm³/mol. The Bertz CT molecular complexity index is 1250. The quantitative estimate of drug-likeness (QED) is 0.405. The molecule has 1 saturated carbocycles. The first kappa shape index (κ1) is 25.6. The number of nitrogens with zero attached hydrogens (tertiary/aromatic N) is 4. The van der Waals surface area contributed by atoms with Crippen LogP contribution in [0.25, 0.3) is 11.3 Å². The predicted octanol–water partition coefficient (Wildman–Crippen LogP) is 6.42. The number of alkyl halides is 3. The summed E-state index contributed by atoms with van der Waals surface area (Å²) in [5.41, 5.74) is -0.744. The van der Waals surface area contributed by atoms with Gasteiger partial charge in [0.05, 0.1) is 22.9 Å². The number of carbonyl (C=O) groups is 1. The van der Waals surface area contributed by atoms with Crippen LogP contribution >= 0.6 is 0 Å². The third kappa shape index (κ3) is 5.34. The number of halogens is 5. The van der Waals surface area contributed by atoms with E-state index in [0.717, 1.165) is 24.5 Å². The van der Waals surface area contributed by atoms with Crippen molar-refractivity contribution in [2.24, 2.45) is 5.92 Å². The molecule has 1 aliphatic carbocycles. The molecule has 6 nitrogen and oxygen atoms in total. The Morgan fingerprint density at radius 3 is 2.39 bits per heavy atom. The Morgan fingerprint density at radius 2 is 1.72 bits per heavy atom. The van der Waals surface area contributed by atoms with Gasteiger partial charge in [-0.1, -0.05) is 26.7 Å². The highest BCUT2D eigenvalue weighted by Crippen LogP contribution is 2.48. The van der Waals surface area contributed by atoms with Crippen molar-refractivity contribution in [3.8, 4) is 11.3 Å². The fraction of sp³-hybridized carbons (Fsp3) is 0.400. The smallest absolute Gasteiger partial charge is 0.318 e. The largest absolute Gasteiger partial charge is 0.392 e. The molecule has 3 aromatic rings. The van der Waals surface area contributed by atoms with E-state index in [1.807, 2.05) is 13.8 Å². The lowest BCUT2D eigenvalue weighted by Crippen LogP contribution is -2.33. The standard InChI is InChI=1S/C25H24F5N5O/c1-13(2)23-31-10-14(11-32-23)24(36)35-22-20(16-5-3-4-6-18(16)25(28,29)30)33-12-34-21(22)17-9-15(26)7-8-19(17)27/h7-13,16,18H,3-6H2,1-2H3,(H,35,36)/t16?,18-/m1/s1. The average molecular weight is 505 g/mol. The molecule has 0 saturated heterocycles. The molecule has 190 valence electrons. The van der Waals surface area contributed by atoms with Gasteiger partial charge in [-0.2, -0.15) is 13.2 Å². The zero-order valence-electron chi connectivity index (χ0n) is 19.6. The van der Waals surface area contributed by atoms with E-state index in [4.69, 9.17) is 0 Å². The number of aromatic nitrogens is 4. The molecule has 1 fully saturated rings. The zero-order chi connectivity index (χ0) is 26.0. The summed E-state index contributed by atoms with van der Waals surface area (Å²) >= 11 is 0. The van der Waals surface area contributed by atoms with Crippen LogP contribution < -0.4 is 5.32 Å². The number of carbonyl (C=O) groups excluding carboxylic acids is 1. The van der Waals surface area contributed by atoms with Gasteiger partial charge in [0.25, 0.3) is 5.91 Å². The van der Waals surface area contributed by atoms with Gasteiger partial charge in [-0.15, -0.1) is 0 Å². The van der Waals surface area contributed by atoms with E-state index in [9.17, 15) is 26.7 Å². The summed E-state index contributed by atoms with van der Waals surface area (Å²) < 4.78 is 70.5. The zero-order valence-corrected chi connectivity index (χ0v) is 19.6. The summed E-state index contributed by atoms with van der Waals surface area (Å²) in [5, 5.41) is 2.56.